The number of methoxy groups -OCH3 is 1. The highest BCUT2D eigenvalue weighted by molar-refractivity contribution is 5.72. The van der Waals surface area contributed by atoms with E-state index in [2.05, 4.69) is 0 Å². The highest BCUT2D eigenvalue weighted by atomic mass is 16.5. The second-order valence-corrected chi connectivity index (χ2v) is 3.55. The van der Waals surface area contributed by atoms with E-state index in [-0.39, 0.29) is 0 Å². The van der Waals surface area contributed by atoms with Crippen molar-refractivity contribution in [3.05, 3.63) is 42.2 Å². The summed E-state index contributed by atoms with van der Waals surface area (Å²) in [6, 6.07) is 11.0. The van der Waals surface area contributed by atoms with Crippen LogP contribution in [0.5, 0.6) is 5.75 Å². The van der Waals surface area contributed by atoms with E-state index >= 15 is 0 Å². The molecule has 17 heavy (non-hydrogen) atoms. The second kappa shape index (κ2) is 4.74. The Morgan fingerprint density at radius 1 is 1.29 bits per heavy atom. The summed E-state index contributed by atoms with van der Waals surface area (Å²) >= 11 is 0. The number of carbonyl (C=O) groups excluding carboxylic acids is 1. The predicted octanol–water partition coefficient (Wildman–Crippen LogP) is 2.87. The van der Waals surface area contributed by atoms with Crippen LogP contribution in [0.2, 0.25) is 0 Å². The molecule has 4 heteroatoms. The summed E-state index contributed by atoms with van der Waals surface area (Å²) in [5.74, 6) is 1.70. The molecule has 0 aliphatic heterocycles. The zero-order valence-electron chi connectivity index (χ0n) is 9.71. The number of hydrogen-bond acceptors (Lipinski definition) is 4. The van der Waals surface area contributed by atoms with E-state index in [9.17, 15) is 4.79 Å². The number of furan rings is 1. The third kappa shape index (κ3) is 2.30. The largest absolute Gasteiger partial charge is 0.497 e. The Kier molecular flexibility index (Phi) is 3.14. The third-order valence-corrected chi connectivity index (χ3v) is 2.50. The van der Waals surface area contributed by atoms with Crippen molar-refractivity contribution in [3.8, 4) is 5.75 Å². The van der Waals surface area contributed by atoms with Gasteiger partial charge in [-0.2, -0.15) is 0 Å². The molecule has 0 saturated heterocycles. The molecule has 0 N–H and O–H groups in total. The van der Waals surface area contributed by atoms with E-state index in [0.29, 0.717) is 17.9 Å². The summed E-state index contributed by atoms with van der Waals surface area (Å²) < 4.78 is 10.5. The Morgan fingerprint density at radius 3 is 2.76 bits per heavy atom. The number of carbonyl (C=O) groups is 1. The van der Waals surface area contributed by atoms with Crippen molar-refractivity contribution in [2.24, 2.45) is 0 Å². The summed E-state index contributed by atoms with van der Waals surface area (Å²) in [6.07, 6.45) is 0.683. The SMILES string of the molecule is COc1cccc(N(C)c2ccc(C=O)o2)c1. The van der Waals surface area contributed by atoms with Crippen LogP contribution in [-0.4, -0.2) is 20.4 Å². The van der Waals surface area contributed by atoms with Gasteiger partial charge in [0.05, 0.1) is 7.11 Å². The summed E-state index contributed by atoms with van der Waals surface area (Å²) in [4.78, 5) is 12.4. The minimum absolute atomic E-state index is 0.315. The fourth-order valence-electron chi connectivity index (χ4n) is 1.53. The maximum Gasteiger partial charge on any atom is 0.200 e. The van der Waals surface area contributed by atoms with Gasteiger partial charge in [-0.05, 0) is 18.2 Å². The molecule has 0 spiro atoms. The molecule has 0 atom stereocenters. The smallest absolute Gasteiger partial charge is 0.200 e. The third-order valence-electron chi connectivity index (χ3n) is 2.50. The first-order valence-corrected chi connectivity index (χ1v) is 5.17. The van der Waals surface area contributed by atoms with Gasteiger partial charge >= 0.3 is 0 Å². The first-order chi connectivity index (χ1) is 8.24. The van der Waals surface area contributed by atoms with E-state index in [1.165, 1.54) is 0 Å². The van der Waals surface area contributed by atoms with E-state index < -0.39 is 0 Å². The zero-order valence-corrected chi connectivity index (χ0v) is 9.71. The van der Waals surface area contributed by atoms with Crippen molar-refractivity contribution in [2.75, 3.05) is 19.1 Å². The number of hydrogen-bond donors (Lipinski definition) is 0. The van der Waals surface area contributed by atoms with Gasteiger partial charge in [0.15, 0.2) is 17.9 Å². The van der Waals surface area contributed by atoms with Gasteiger partial charge in [-0.1, -0.05) is 6.07 Å². The molecular formula is C13H13NO3. The molecule has 0 aliphatic carbocycles. The molecule has 0 amide bonds. The molecule has 2 rings (SSSR count). The van der Waals surface area contributed by atoms with E-state index in [1.54, 1.807) is 19.2 Å². The molecule has 88 valence electrons. The first-order valence-electron chi connectivity index (χ1n) is 5.17. The zero-order chi connectivity index (χ0) is 12.3. The quantitative estimate of drug-likeness (QED) is 0.759. The number of rotatable bonds is 4. The standard InChI is InChI=1S/C13H13NO3/c1-14(13-7-6-12(9-15)17-13)10-4-3-5-11(8-10)16-2/h3-9H,1-2H3. The van der Waals surface area contributed by atoms with Crippen molar-refractivity contribution >= 4 is 17.9 Å². The van der Waals surface area contributed by atoms with E-state index in [1.807, 2.05) is 36.2 Å². The van der Waals surface area contributed by atoms with Crippen LogP contribution in [0.3, 0.4) is 0 Å². The molecule has 2 aromatic rings. The molecule has 0 unspecified atom stereocenters. The molecule has 1 aromatic carbocycles. The predicted molar refractivity (Wildman–Crippen MR) is 65.2 cm³/mol. The van der Waals surface area contributed by atoms with Crippen LogP contribution >= 0.6 is 0 Å². The lowest BCUT2D eigenvalue weighted by atomic mass is 10.3. The summed E-state index contributed by atoms with van der Waals surface area (Å²) in [5, 5.41) is 0. The number of anilines is 2. The number of benzene rings is 1. The van der Waals surface area contributed by atoms with Crippen LogP contribution in [0, 0.1) is 0 Å². The monoisotopic (exact) mass is 231 g/mol. The Balaban J connectivity index is 2.29. The molecule has 0 radical (unpaired) electrons. The van der Waals surface area contributed by atoms with Crippen molar-refractivity contribution < 1.29 is 13.9 Å². The minimum Gasteiger partial charge on any atom is -0.497 e. The highest BCUT2D eigenvalue weighted by Crippen LogP contribution is 2.27. The second-order valence-electron chi connectivity index (χ2n) is 3.55. The summed E-state index contributed by atoms with van der Waals surface area (Å²) in [5.41, 5.74) is 0.927. The number of aldehydes is 1. The van der Waals surface area contributed by atoms with Crippen LogP contribution in [0.4, 0.5) is 11.6 Å². The van der Waals surface area contributed by atoms with Gasteiger partial charge in [0.25, 0.3) is 0 Å². The average molecular weight is 231 g/mol. The first kappa shape index (κ1) is 11.3. The lowest BCUT2D eigenvalue weighted by Crippen LogP contribution is -2.08. The Morgan fingerprint density at radius 2 is 2.12 bits per heavy atom. The highest BCUT2D eigenvalue weighted by Gasteiger charge is 2.09. The van der Waals surface area contributed by atoms with Gasteiger partial charge in [0.1, 0.15) is 5.75 Å². The van der Waals surface area contributed by atoms with Gasteiger partial charge < -0.3 is 14.1 Å². The molecule has 1 aromatic heterocycles. The molecule has 1 heterocycles. The summed E-state index contributed by atoms with van der Waals surface area (Å²) in [6.45, 7) is 0. The molecule has 0 aliphatic rings. The van der Waals surface area contributed by atoms with Crippen molar-refractivity contribution in [1.29, 1.82) is 0 Å². The molecule has 0 saturated carbocycles. The number of ether oxygens (including phenoxy) is 1. The van der Waals surface area contributed by atoms with Crippen LogP contribution in [0.25, 0.3) is 0 Å². The van der Waals surface area contributed by atoms with E-state index in [4.69, 9.17) is 9.15 Å². The van der Waals surface area contributed by atoms with Gasteiger partial charge in [0, 0.05) is 24.9 Å². The molecular weight excluding hydrogens is 218 g/mol. The topological polar surface area (TPSA) is 42.7 Å². The maximum atomic E-state index is 10.5. The van der Waals surface area contributed by atoms with Crippen molar-refractivity contribution in [2.45, 2.75) is 0 Å². The fourth-order valence-corrected chi connectivity index (χ4v) is 1.53. The van der Waals surface area contributed by atoms with Gasteiger partial charge in [0.2, 0.25) is 0 Å². The minimum atomic E-state index is 0.315. The van der Waals surface area contributed by atoms with Crippen LogP contribution in [-0.2, 0) is 0 Å². The number of nitrogens with zero attached hydrogens (tertiary/aromatic N) is 1. The maximum absolute atomic E-state index is 10.5. The fraction of sp³-hybridized carbons (Fsp3) is 0.154. The van der Waals surface area contributed by atoms with Crippen LogP contribution < -0.4 is 9.64 Å². The van der Waals surface area contributed by atoms with E-state index in [0.717, 1.165) is 11.4 Å². The van der Waals surface area contributed by atoms with Crippen LogP contribution in [0.15, 0.2) is 40.8 Å². The Hall–Kier alpha value is -2.23. The van der Waals surface area contributed by atoms with Gasteiger partial charge in [-0.15, -0.1) is 0 Å². The van der Waals surface area contributed by atoms with Crippen molar-refractivity contribution in [3.63, 3.8) is 0 Å². The average Bonchev–Trinajstić information content (AvgIpc) is 2.86. The molecule has 0 bridgehead atoms. The lowest BCUT2D eigenvalue weighted by molar-refractivity contribution is 0.110. The lowest BCUT2D eigenvalue weighted by Gasteiger charge is -2.16. The van der Waals surface area contributed by atoms with Crippen LogP contribution in [0.1, 0.15) is 10.6 Å². The Labute approximate surface area is 99.4 Å². The Bertz CT molecular complexity index is 519. The van der Waals surface area contributed by atoms with Gasteiger partial charge in [-0.25, -0.2) is 0 Å². The molecule has 0 fully saturated rings. The summed E-state index contributed by atoms with van der Waals surface area (Å²) in [7, 11) is 3.48. The van der Waals surface area contributed by atoms with Gasteiger partial charge in [-0.3, -0.25) is 4.79 Å². The van der Waals surface area contributed by atoms with Crippen molar-refractivity contribution in [1.82, 2.24) is 0 Å². The normalized spacial score (nSPS) is 10.0. The molecule has 4 nitrogen and oxygen atoms in total.